The Hall–Kier alpha value is -1.71. The number of rotatable bonds is 0. The number of halogens is 5. The minimum absolute atomic E-state index is 0.619. The molecule has 2 rings (SSSR count). The summed E-state index contributed by atoms with van der Waals surface area (Å²) in [7, 11) is -2.17. The van der Waals surface area contributed by atoms with E-state index in [1.54, 1.807) is 0 Å². The predicted octanol–water partition coefficient (Wildman–Crippen LogP) is 1.48. The van der Waals surface area contributed by atoms with E-state index in [4.69, 9.17) is 15.1 Å². The monoisotopic (exact) mass is 280 g/mol. The Morgan fingerprint density at radius 3 is 1.74 bits per heavy atom. The van der Waals surface area contributed by atoms with Crippen LogP contribution in [-0.4, -0.2) is 22.4 Å². The number of hydrogen-bond acceptors (Lipinski definition) is 3. The lowest BCUT2D eigenvalue weighted by molar-refractivity contribution is 0.278. The molecule has 0 radical (unpaired) electrons. The van der Waals surface area contributed by atoms with Crippen LogP contribution in [0.1, 0.15) is 0 Å². The summed E-state index contributed by atoms with van der Waals surface area (Å²) >= 11 is 0. The van der Waals surface area contributed by atoms with E-state index >= 15 is 0 Å². The molecule has 0 aliphatic rings. The van der Waals surface area contributed by atoms with Crippen LogP contribution in [0.4, 0.5) is 22.0 Å². The first-order valence-corrected chi connectivity index (χ1v) is 4.71. The molecule has 2 aromatic carbocycles. The highest BCUT2D eigenvalue weighted by Crippen LogP contribution is 2.28. The zero-order valence-electron chi connectivity index (χ0n) is 9.04. The fraction of sp³-hybridized carbons (Fsp3) is 0. The van der Waals surface area contributed by atoms with Gasteiger partial charge < -0.3 is 15.1 Å². The highest BCUT2D eigenvalue weighted by Gasteiger charge is 2.21. The van der Waals surface area contributed by atoms with Crippen molar-refractivity contribution in [3.05, 3.63) is 47.3 Å². The molecule has 0 spiro atoms. The van der Waals surface area contributed by atoms with Crippen molar-refractivity contribution in [1.29, 1.82) is 0 Å². The van der Waals surface area contributed by atoms with E-state index in [1.807, 2.05) is 0 Å². The molecule has 0 saturated heterocycles. The highest BCUT2D eigenvalue weighted by atomic mass is 19.2. The molecule has 0 unspecified atom stereocenters. The van der Waals surface area contributed by atoms with Gasteiger partial charge in [0, 0.05) is 5.39 Å². The third-order valence-electron chi connectivity index (χ3n) is 2.05. The van der Waals surface area contributed by atoms with Crippen molar-refractivity contribution in [2.75, 3.05) is 0 Å². The SMILES string of the molecule is Fc1c(F)c(F)c2c(F)cccc2c1F.OB(O)O. The lowest BCUT2D eigenvalue weighted by atomic mass is 10.1. The Morgan fingerprint density at radius 2 is 1.21 bits per heavy atom. The highest BCUT2D eigenvalue weighted by molar-refractivity contribution is 6.30. The Bertz CT molecular complexity index is 603. The van der Waals surface area contributed by atoms with Gasteiger partial charge in [-0.3, -0.25) is 0 Å². The second-order valence-electron chi connectivity index (χ2n) is 3.26. The van der Waals surface area contributed by atoms with Crippen LogP contribution in [0.5, 0.6) is 0 Å². The Kier molecular flexibility index (Phi) is 4.81. The summed E-state index contributed by atoms with van der Waals surface area (Å²) < 4.78 is 64.7. The molecular weight excluding hydrogens is 274 g/mol. The second-order valence-corrected chi connectivity index (χ2v) is 3.26. The summed E-state index contributed by atoms with van der Waals surface area (Å²) in [6.07, 6.45) is 0. The van der Waals surface area contributed by atoms with Gasteiger partial charge in [-0.15, -0.1) is 0 Å². The molecule has 0 bridgehead atoms. The normalized spacial score (nSPS) is 10.1. The molecule has 0 amide bonds. The molecule has 3 nitrogen and oxygen atoms in total. The molecule has 102 valence electrons. The Morgan fingerprint density at radius 1 is 0.737 bits per heavy atom. The second kappa shape index (κ2) is 5.96. The van der Waals surface area contributed by atoms with Gasteiger partial charge in [0.25, 0.3) is 0 Å². The molecule has 0 fully saturated rings. The lowest BCUT2D eigenvalue weighted by Gasteiger charge is -2.04. The Labute approximate surface area is 103 Å². The maximum Gasteiger partial charge on any atom is 0.631 e. The third kappa shape index (κ3) is 3.19. The largest absolute Gasteiger partial charge is 0.631 e. The predicted molar refractivity (Wildman–Crippen MR) is 56.1 cm³/mol. The van der Waals surface area contributed by atoms with Gasteiger partial charge in [0.15, 0.2) is 23.3 Å². The van der Waals surface area contributed by atoms with Crippen molar-refractivity contribution in [2.24, 2.45) is 0 Å². The summed E-state index contributed by atoms with van der Waals surface area (Å²) in [6, 6.07) is 2.89. The molecular formula is C10H6BF5O3. The molecule has 0 heterocycles. The first-order valence-electron chi connectivity index (χ1n) is 4.71. The number of hydrogen-bond donors (Lipinski definition) is 3. The maximum absolute atomic E-state index is 13.1. The van der Waals surface area contributed by atoms with E-state index in [-0.39, 0.29) is 0 Å². The van der Waals surface area contributed by atoms with Gasteiger partial charge in [0.1, 0.15) is 5.82 Å². The Balaban J connectivity index is 0.000000399. The van der Waals surface area contributed by atoms with Gasteiger partial charge in [-0.2, -0.15) is 0 Å². The molecule has 0 aromatic heterocycles. The number of benzene rings is 2. The van der Waals surface area contributed by atoms with Crippen LogP contribution in [-0.2, 0) is 0 Å². The molecule has 3 N–H and O–H groups in total. The van der Waals surface area contributed by atoms with Crippen molar-refractivity contribution < 1.29 is 37.0 Å². The first kappa shape index (κ1) is 15.4. The van der Waals surface area contributed by atoms with E-state index in [9.17, 15) is 22.0 Å². The van der Waals surface area contributed by atoms with Gasteiger partial charge in [0.05, 0.1) is 5.39 Å². The third-order valence-corrected chi connectivity index (χ3v) is 2.05. The molecule has 9 heteroatoms. The van der Waals surface area contributed by atoms with Crippen LogP contribution in [0.25, 0.3) is 10.8 Å². The van der Waals surface area contributed by atoms with E-state index in [1.165, 1.54) is 0 Å². The molecule has 0 atom stereocenters. The van der Waals surface area contributed by atoms with Crippen LogP contribution in [0.3, 0.4) is 0 Å². The minimum atomic E-state index is -2.17. The average Bonchev–Trinajstić information content (AvgIpc) is 2.33. The van der Waals surface area contributed by atoms with Crippen LogP contribution in [0, 0.1) is 29.1 Å². The molecule has 2 aromatic rings. The first-order chi connectivity index (χ1) is 8.77. The topological polar surface area (TPSA) is 60.7 Å². The summed E-state index contributed by atoms with van der Waals surface area (Å²) in [6.45, 7) is 0. The van der Waals surface area contributed by atoms with Gasteiger partial charge >= 0.3 is 7.32 Å². The van der Waals surface area contributed by atoms with E-state index in [2.05, 4.69) is 0 Å². The zero-order chi connectivity index (χ0) is 14.7. The van der Waals surface area contributed by atoms with Gasteiger partial charge in [-0.25, -0.2) is 22.0 Å². The lowest BCUT2D eigenvalue weighted by Crippen LogP contribution is -2.07. The van der Waals surface area contributed by atoms with Crippen molar-refractivity contribution in [2.45, 2.75) is 0 Å². The standard InChI is InChI=1S/C10H3F5.BH3O3/c11-5-3-1-2-4-6(5)8(13)10(15)9(14)7(4)12;2-1(3)4/h1-3H;2-4H. The maximum atomic E-state index is 13.1. The van der Waals surface area contributed by atoms with Crippen LogP contribution in [0.2, 0.25) is 0 Å². The summed E-state index contributed by atoms with van der Waals surface area (Å²) in [5.74, 6) is -8.40. The van der Waals surface area contributed by atoms with Gasteiger partial charge in [0.2, 0.25) is 0 Å². The zero-order valence-corrected chi connectivity index (χ0v) is 9.04. The molecule has 0 saturated carbocycles. The molecule has 19 heavy (non-hydrogen) atoms. The fourth-order valence-electron chi connectivity index (χ4n) is 1.35. The number of fused-ring (bicyclic) bond motifs is 1. The summed E-state index contributed by atoms with van der Waals surface area (Å²) in [5, 5.41) is 20.0. The average molecular weight is 280 g/mol. The van der Waals surface area contributed by atoms with E-state index < -0.39 is 47.2 Å². The van der Waals surface area contributed by atoms with Crippen LogP contribution in [0.15, 0.2) is 18.2 Å². The van der Waals surface area contributed by atoms with Crippen molar-refractivity contribution in [3.63, 3.8) is 0 Å². The van der Waals surface area contributed by atoms with Crippen LogP contribution < -0.4 is 0 Å². The smallest absolute Gasteiger partial charge is 0.402 e. The molecule has 0 aliphatic heterocycles. The quantitative estimate of drug-likeness (QED) is 0.296. The van der Waals surface area contributed by atoms with Gasteiger partial charge in [-0.1, -0.05) is 12.1 Å². The molecule has 0 aliphatic carbocycles. The van der Waals surface area contributed by atoms with Crippen molar-refractivity contribution >= 4 is 18.1 Å². The van der Waals surface area contributed by atoms with Gasteiger partial charge in [-0.05, 0) is 6.07 Å². The van der Waals surface area contributed by atoms with Crippen LogP contribution >= 0.6 is 0 Å². The van der Waals surface area contributed by atoms with E-state index in [0.29, 0.717) is 0 Å². The minimum Gasteiger partial charge on any atom is -0.402 e. The van der Waals surface area contributed by atoms with E-state index in [0.717, 1.165) is 18.2 Å². The fourth-order valence-corrected chi connectivity index (χ4v) is 1.35. The van der Waals surface area contributed by atoms with Crippen molar-refractivity contribution in [3.8, 4) is 0 Å². The summed E-state index contributed by atoms with van der Waals surface area (Å²) in [4.78, 5) is 0. The summed E-state index contributed by atoms with van der Waals surface area (Å²) in [5.41, 5.74) is 0. The van der Waals surface area contributed by atoms with Crippen molar-refractivity contribution in [1.82, 2.24) is 0 Å².